The third-order valence-electron chi connectivity index (χ3n) is 3.00. The predicted octanol–water partition coefficient (Wildman–Crippen LogP) is 2.16. The Kier molecular flexibility index (Phi) is 3.23. The maximum Gasteiger partial charge on any atom is 0.345 e. The van der Waals surface area contributed by atoms with Crippen molar-refractivity contribution in [3.8, 4) is 5.88 Å². The fourth-order valence-corrected chi connectivity index (χ4v) is 2.22. The topological polar surface area (TPSA) is 53.4 Å². The van der Waals surface area contributed by atoms with Gasteiger partial charge >= 0.3 is 5.97 Å². The van der Waals surface area contributed by atoms with Crippen LogP contribution in [0.25, 0.3) is 10.9 Å². The van der Waals surface area contributed by atoms with Gasteiger partial charge < -0.3 is 14.0 Å². The lowest BCUT2D eigenvalue weighted by atomic mass is 10.2. The van der Waals surface area contributed by atoms with Crippen LogP contribution in [0, 0.1) is 6.92 Å². The second-order valence-electron chi connectivity index (χ2n) is 3.97. The molecule has 0 aliphatic heterocycles. The molecule has 0 aliphatic rings. The van der Waals surface area contributed by atoms with E-state index in [9.17, 15) is 4.79 Å². The van der Waals surface area contributed by atoms with Gasteiger partial charge in [0.15, 0.2) is 0 Å². The van der Waals surface area contributed by atoms with Crippen LogP contribution in [0.5, 0.6) is 5.88 Å². The number of methoxy groups -OCH3 is 2. The van der Waals surface area contributed by atoms with E-state index >= 15 is 0 Å². The number of rotatable bonds is 3. The van der Waals surface area contributed by atoms with Gasteiger partial charge in [-0.3, -0.25) is 0 Å². The van der Waals surface area contributed by atoms with Crippen molar-refractivity contribution in [1.82, 2.24) is 9.55 Å². The highest BCUT2D eigenvalue weighted by atomic mass is 16.5. The third-order valence-corrected chi connectivity index (χ3v) is 3.00. The minimum absolute atomic E-state index is 0.294. The quantitative estimate of drug-likeness (QED) is 0.781. The lowest BCUT2D eigenvalue weighted by Crippen LogP contribution is -2.09. The number of aromatic nitrogens is 2. The predicted molar refractivity (Wildman–Crippen MR) is 68.0 cm³/mol. The van der Waals surface area contributed by atoms with Gasteiger partial charge in [0.2, 0.25) is 5.88 Å². The molecule has 0 aromatic carbocycles. The fourth-order valence-electron chi connectivity index (χ4n) is 2.22. The van der Waals surface area contributed by atoms with Crippen molar-refractivity contribution in [3.05, 3.63) is 23.5 Å². The number of fused-ring (bicyclic) bond motifs is 1. The summed E-state index contributed by atoms with van der Waals surface area (Å²) >= 11 is 0. The molecule has 0 bridgehead atoms. The number of esters is 1. The van der Waals surface area contributed by atoms with Gasteiger partial charge in [-0.25, -0.2) is 9.78 Å². The maximum absolute atomic E-state index is 11.9. The van der Waals surface area contributed by atoms with Crippen LogP contribution < -0.4 is 4.74 Å². The van der Waals surface area contributed by atoms with Gasteiger partial charge in [0.05, 0.1) is 19.7 Å². The number of aryl methyl sites for hydroxylation is 2. The average Bonchev–Trinajstić information content (AvgIpc) is 2.71. The molecule has 0 fully saturated rings. The number of hydrogen-bond acceptors (Lipinski definition) is 4. The zero-order chi connectivity index (χ0) is 13.3. The number of pyridine rings is 1. The first kappa shape index (κ1) is 12.4. The average molecular weight is 248 g/mol. The normalized spacial score (nSPS) is 10.7. The first-order chi connectivity index (χ1) is 8.63. The summed E-state index contributed by atoms with van der Waals surface area (Å²) in [5.74, 6) is -0.139. The summed E-state index contributed by atoms with van der Waals surface area (Å²) in [4.78, 5) is 16.1. The third kappa shape index (κ3) is 1.72. The van der Waals surface area contributed by atoms with Crippen LogP contribution in [0.2, 0.25) is 0 Å². The van der Waals surface area contributed by atoms with E-state index in [4.69, 9.17) is 9.47 Å². The second-order valence-corrected chi connectivity index (χ2v) is 3.97. The van der Waals surface area contributed by atoms with Gasteiger partial charge in [0.25, 0.3) is 0 Å². The standard InChI is InChI=1S/C13H16N2O3/c1-5-15-8(2)6-9-7-14-12(17-3)10(11(9)15)13(16)18-4/h6-7H,5H2,1-4H3. The van der Waals surface area contributed by atoms with E-state index in [2.05, 4.69) is 4.98 Å². The molecule has 2 rings (SSSR count). The number of nitrogens with zero attached hydrogens (tertiary/aromatic N) is 2. The van der Waals surface area contributed by atoms with Crippen molar-refractivity contribution >= 4 is 16.9 Å². The van der Waals surface area contributed by atoms with Crippen LogP contribution in [0.1, 0.15) is 23.0 Å². The van der Waals surface area contributed by atoms with Crippen LogP contribution in [-0.4, -0.2) is 29.7 Å². The summed E-state index contributed by atoms with van der Waals surface area (Å²) in [5, 5.41) is 0.913. The largest absolute Gasteiger partial charge is 0.480 e. The Labute approximate surface area is 105 Å². The molecule has 96 valence electrons. The molecule has 0 unspecified atom stereocenters. The lowest BCUT2D eigenvalue weighted by molar-refractivity contribution is 0.0598. The van der Waals surface area contributed by atoms with Crippen LogP contribution in [-0.2, 0) is 11.3 Å². The Morgan fingerprint density at radius 2 is 2.17 bits per heavy atom. The van der Waals surface area contributed by atoms with Crippen molar-refractivity contribution in [2.75, 3.05) is 14.2 Å². The zero-order valence-electron chi connectivity index (χ0n) is 11.0. The van der Waals surface area contributed by atoms with Crippen molar-refractivity contribution in [2.24, 2.45) is 0 Å². The first-order valence-corrected chi connectivity index (χ1v) is 5.75. The van der Waals surface area contributed by atoms with Gasteiger partial charge in [-0.2, -0.15) is 0 Å². The molecule has 0 radical (unpaired) electrons. The molecule has 2 aromatic heterocycles. The Hall–Kier alpha value is -2.04. The van der Waals surface area contributed by atoms with E-state index in [1.54, 1.807) is 6.20 Å². The van der Waals surface area contributed by atoms with Gasteiger partial charge in [-0.15, -0.1) is 0 Å². The number of hydrogen-bond donors (Lipinski definition) is 0. The van der Waals surface area contributed by atoms with E-state index in [0.29, 0.717) is 11.4 Å². The molecule has 0 aliphatic carbocycles. The summed E-state index contributed by atoms with van der Waals surface area (Å²) < 4.78 is 12.0. The Balaban J connectivity index is 2.87. The smallest absolute Gasteiger partial charge is 0.345 e. The molecule has 5 heteroatoms. The summed E-state index contributed by atoms with van der Waals surface area (Å²) in [7, 11) is 2.85. The van der Waals surface area contributed by atoms with Gasteiger partial charge in [0, 0.05) is 23.8 Å². The summed E-state index contributed by atoms with van der Waals surface area (Å²) in [6, 6.07) is 2.00. The maximum atomic E-state index is 11.9. The summed E-state index contributed by atoms with van der Waals surface area (Å²) in [6.07, 6.45) is 1.71. The molecule has 2 aromatic rings. The van der Waals surface area contributed by atoms with Crippen molar-refractivity contribution in [3.63, 3.8) is 0 Å². The van der Waals surface area contributed by atoms with E-state index < -0.39 is 5.97 Å². The van der Waals surface area contributed by atoms with Crippen molar-refractivity contribution < 1.29 is 14.3 Å². The highest BCUT2D eigenvalue weighted by molar-refractivity contribution is 6.05. The molecule has 0 saturated carbocycles. The van der Waals surface area contributed by atoms with E-state index in [1.807, 2.05) is 24.5 Å². The molecule has 18 heavy (non-hydrogen) atoms. The molecule has 0 saturated heterocycles. The van der Waals surface area contributed by atoms with Gasteiger partial charge in [0.1, 0.15) is 5.56 Å². The molecule has 0 amide bonds. The molecule has 0 N–H and O–H groups in total. The highest BCUT2D eigenvalue weighted by Crippen LogP contribution is 2.29. The van der Waals surface area contributed by atoms with Gasteiger partial charge in [-0.05, 0) is 19.9 Å². The fraction of sp³-hybridized carbons (Fsp3) is 0.385. The summed E-state index contributed by atoms with van der Waals surface area (Å²) in [6.45, 7) is 4.80. The van der Waals surface area contributed by atoms with Crippen LogP contribution in [0.3, 0.4) is 0 Å². The van der Waals surface area contributed by atoms with Crippen molar-refractivity contribution in [1.29, 1.82) is 0 Å². The second kappa shape index (κ2) is 4.68. The number of carbonyl (C=O) groups excluding carboxylic acids is 1. The Morgan fingerprint density at radius 1 is 1.44 bits per heavy atom. The molecule has 0 atom stereocenters. The monoisotopic (exact) mass is 248 g/mol. The lowest BCUT2D eigenvalue weighted by Gasteiger charge is -2.10. The van der Waals surface area contributed by atoms with Gasteiger partial charge in [-0.1, -0.05) is 0 Å². The molecular formula is C13H16N2O3. The van der Waals surface area contributed by atoms with E-state index in [1.165, 1.54) is 14.2 Å². The minimum atomic E-state index is -0.433. The van der Waals surface area contributed by atoms with Crippen molar-refractivity contribution in [2.45, 2.75) is 20.4 Å². The van der Waals surface area contributed by atoms with Crippen LogP contribution >= 0.6 is 0 Å². The van der Waals surface area contributed by atoms with Crippen LogP contribution in [0.15, 0.2) is 12.3 Å². The van der Waals surface area contributed by atoms with Crippen LogP contribution in [0.4, 0.5) is 0 Å². The molecule has 5 nitrogen and oxygen atoms in total. The zero-order valence-corrected chi connectivity index (χ0v) is 11.0. The molecular weight excluding hydrogens is 232 g/mol. The highest BCUT2D eigenvalue weighted by Gasteiger charge is 2.21. The van der Waals surface area contributed by atoms with E-state index in [0.717, 1.165) is 23.1 Å². The Morgan fingerprint density at radius 3 is 2.72 bits per heavy atom. The molecule has 2 heterocycles. The summed E-state index contributed by atoms with van der Waals surface area (Å²) in [5.41, 5.74) is 2.27. The number of ether oxygens (including phenoxy) is 2. The Bertz CT molecular complexity index is 602. The van der Waals surface area contributed by atoms with E-state index in [-0.39, 0.29) is 0 Å². The number of carbonyl (C=O) groups is 1. The first-order valence-electron chi connectivity index (χ1n) is 5.75. The SMILES string of the molecule is CCn1c(C)cc2cnc(OC)c(C(=O)OC)c21. The minimum Gasteiger partial charge on any atom is -0.480 e. The molecule has 0 spiro atoms.